The van der Waals surface area contributed by atoms with Crippen molar-refractivity contribution in [3.8, 4) is 11.1 Å². The van der Waals surface area contributed by atoms with E-state index in [1.54, 1.807) is 0 Å². The Labute approximate surface area is 230 Å². The molecule has 7 aromatic rings. The first kappa shape index (κ1) is 22.9. The third kappa shape index (κ3) is 3.26. The molecular weight excluding hydrogens is 496 g/mol. The van der Waals surface area contributed by atoms with Crippen LogP contribution in [-0.4, -0.2) is 20.7 Å². The van der Waals surface area contributed by atoms with Gasteiger partial charge in [0.25, 0.3) is 0 Å². The molecule has 0 radical (unpaired) electrons. The van der Waals surface area contributed by atoms with Crippen molar-refractivity contribution in [1.82, 2.24) is 15.0 Å². The number of benzene rings is 4. The number of fused-ring (bicyclic) bond motifs is 12. The lowest BCUT2D eigenvalue weighted by atomic mass is 9.92. The van der Waals surface area contributed by atoms with Crippen molar-refractivity contribution in [2.75, 3.05) is 0 Å². The largest absolute Gasteiger partial charge is 0.341 e. The highest BCUT2D eigenvalue weighted by molar-refractivity contribution is 7.18. The Balaban J connectivity index is 1.36. The van der Waals surface area contributed by atoms with Crippen molar-refractivity contribution in [3.63, 3.8) is 0 Å². The molecule has 0 spiro atoms. The molecule has 4 aromatic carbocycles. The lowest BCUT2D eigenvalue weighted by Crippen LogP contribution is -2.06. The van der Waals surface area contributed by atoms with Crippen molar-refractivity contribution in [1.29, 1.82) is 0 Å². The summed E-state index contributed by atoms with van der Waals surface area (Å²) >= 11 is 1.82. The Morgan fingerprint density at radius 1 is 0.769 bits per heavy atom. The Kier molecular flexibility index (Phi) is 4.81. The Morgan fingerprint density at radius 2 is 1.56 bits per heavy atom. The van der Waals surface area contributed by atoms with E-state index in [1.807, 2.05) is 23.6 Å². The van der Waals surface area contributed by atoms with Crippen LogP contribution in [0.2, 0.25) is 0 Å². The lowest BCUT2D eigenvalue weighted by Gasteiger charge is -2.12. The minimum atomic E-state index is 0.327. The number of hydrogen-bond acceptors (Lipinski definition) is 4. The van der Waals surface area contributed by atoms with Gasteiger partial charge in [-0.3, -0.25) is 9.98 Å². The predicted octanol–water partition coefficient (Wildman–Crippen LogP) is 9.71. The number of imidazole rings is 1. The van der Waals surface area contributed by atoms with Crippen LogP contribution in [0.1, 0.15) is 45.0 Å². The second-order valence-corrected chi connectivity index (χ2v) is 12.3. The topological polar surface area (TPSA) is 53.9 Å². The van der Waals surface area contributed by atoms with E-state index < -0.39 is 0 Å². The standard InChI is InChI=1S/C34H28N4S/c1-17(2)28-16-26-21-9-7-20(15-27(21)33-24(11-13-39-33)30(26)36-28)19-8-10-22-25(14-19)29-23(6-5-12-35-29)32-31(22)37-34(38-32)18(3)4/h5-15,17-18H,16H2,1-4H3,(H,37,38). The van der Waals surface area contributed by atoms with Gasteiger partial charge in [0.05, 0.1) is 22.2 Å². The molecule has 1 aliphatic heterocycles. The molecule has 0 fully saturated rings. The summed E-state index contributed by atoms with van der Waals surface area (Å²) in [5.74, 6) is 1.80. The van der Waals surface area contributed by atoms with Crippen molar-refractivity contribution < 1.29 is 0 Å². The minimum Gasteiger partial charge on any atom is -0.341 e. The molecule has 0 amide bonds. The molecule has 190 valence electrons. The summed E-state index contributed by atoms with van der Waals surface area (Å²) in [5.41, 5.74) is 9.36. The molecule has 39 heavy (non-hydrogen) atoms. The second kappa shape index (κ2) is 8.20. The number of rotatable bonds is 3. The Hall–Kier alpha value is -4.09. The maximum atomic E-state index is 5.09. The van der Waals surface area contributed by atoms with E-state index in [4.69, 9.17) is 15.0 Å². The summed E-state index contributed by atoms with van der Waals surface area (Å²) in [7, 11) is 0. The molecule has 4 heterocycles. The van der Waals surface area contributed by atoms with E-state index in [0.717, 1.165) is 45.0 Å². The molecule has 0 saturated carbocycles. The van der Waals surface area contributed by atoms with Gasteiger partial charge >= 0.3 is 0 Å². The van der Waals surface area contributed by atoms with E-state index in [-0.39, 0.29) is 0 Å². The first-order chi connectivity index (χ1) is 19.0. The average molecular weight is 525 g/mol. The van der Waals surface area contributed by atoms with E-state index in [1.165, 1.54) is 48.9 Å². The molecule has 4 nitrogen and oxygen atoms in total. The van der Waals surface area contributed by atoms with Crippen LogP contribution in [0, 0.1) is 5.92 Å². The summed E-state index contributed by atoms with van der Waals surface area (Å²) in [6.45, 7) is 8.84. The van der Waals surface area contributed by atoms with Gasteiger partial charge in [0.15, 0.2) is 0 Å². The minimum absolute atomic E-state index is 0.327. The molecular formula is C34H28N4S. The molecule has 0 unspecified atom stereocenters. The monoisotopic (exact) mass is 524 g/mol. The second-order valence-electron chi connectivity index (χ2n) is 11.3. The fraction of sp³-hybridized carbons (Fsp3) is 0.206. The fourth-order valence-electron chi connectivity index (χ4n) is 6.18. The van der Waals surface area contributed by atoms with Gasteiger partial charge in [0, 0.05) is 55.9 Å². The van der Waals surface area contributed by atoms with Gasteiger partial charge in [-0.2, -0.15) is 0 Å². The van der Waals surface area contributed by atoms with Crippen LogP contribution in [0.4, 0.5) is 5.69 Å². The Bertz CT molecular complexity index is 2160. The molecule has 0 atom stereocenters. The van der Waals surface area contributed by atoms with Crippen LogP contribution in [-0.2, 0) is 6.42 Å². The lowest BCUT2D eigenvalue weighted by molar-refractivity contribution is 0.799. The molecule has 0 aliphatic carbocycles. The van der Waals surface area contributed by atoms with Gasteiger partial charge < -0.3 is 4.98 Å². The number of nitrogens with one attached hydrogen (secondary N) is 1. The zero-order valence-electron chi connectivity index (χ0n) is 22.5. The molecule has 5 heteroatoms. The van der Waals surface area contributed by atoms with Crippen molar-refractivity contribution in [2.24, 2.45) is 10.9 Å². The number of pyridine rings is 1. The highest BCUT2D eigenvalue weighted by atomic mass is 32.1. The zero-order chi connectivity index (χ0) is 26.4. The van der Waals surface area contributed by atoms with E-state index in [0.29, 0.717) is 11.8 Å². The van der Waals surface area contributed by atoms with E-state index >= 15 is 0 Å². The highest BCUT2D eigenvalue weighted by Gasteiger charge is 2.24. The maximum absolute atomic E-state index is 5.09. The SMILES string of the molecule is CC(C)C1=Nc2c(c3ccc(-c4ccc5c(c4)c4ncccc4c4nc(C(C)C)[nH]c54)cc3c3sccc23)C1. The van der Waals surface area contributed by atoms with Gasteiger partial charge in [-0.05, 0) is 63.7 Å². The molecule has 0 saturated heterocycles. The number of nitrogens with zero attached hydrogens (tertiary/aromatic N) is 3. The van der Waals surface area contributed by atoms with Crippen LogP contribution in [0.5, 0.6) is 0 Å². The molecule has 1 aliphatic rings. The quantitative estimate of drug-likeness (QED) is 0.234. The first-order valence-electron chi connectivity index (χ1n) is 13.7. The average Bonchev–Trinajstić information content (AvgIpc) is 3.71. The number of aliphatic imine (C=N–C) groups is 1. The smallest absolute Gasteiger partial charge is 0.109 e. The summed E-state index contributed by atoms with van der Waals surface area (Å²) in [6, 6.07) is 20.1. The number of aromatic amines is 1. The van der Waals surface area contributed by atoms with Crippen LogP contribution in [0.3, 0.4) is 0 Å². The first-order valence-corrected chi connectivity index (χ1v) is 14.6. The summed E-state index contributed by atoms with van der Waals surface area (Å²) < 4.78 is 1.33. The third-order valence-corrected chi connectivity index (χ3v) is 9.23. The van der Waals surface area contributed by atoms with Crippen LogP contribution < -0.4 is 0 Å². The summed E-state index contributed by atoms with van der Waals surface area (Å²) in [5, 5.41) is 9.55. The van der Waals surface area contributed by atoms with Gasteiger partial charge in [-0.15, -0.1) is 11.3 Å². The predicted molar refractivity (Wildman–Crippen MR) is 167 cm³/mol. The summed E-state index contributed by atoms with van der Waals surface area (Å²) in [6.07, 6.45) is 2.83. The number of hydrogen-bond donors (Lipinski definition) is 1. The summed E-state index contributed by atoms with van der Waals surface area (Å²) in [4.78, 5) is 18.5. The van der Waals surface area contributed by atoms with Crippen LogP contribution in [0.25, 0.3) is 64.7 Å². The van der Waals surface area contributed by atoms with Gasteiger partial charge in [0.2, 0.25) is 0 Å². The number of thiophene rings is 1. The zero-order valence-corrected chi connectivity index (χ0v) is 23.3. The van der Waals surface area contributed by atoms with Gasteiger partial charge in [-0.25, -0.2) is 4.98 Å². The van der Waals surface area contributed by atoms with E-state index in [9.17, 15) is 0 Å². The van der Waals surface area contributed by atoms with Gasteiger partial charge in [-0.1, -0.05) is 52.0 Å². The van der Waals surface area contributed by atoms with Crippen molar-refractivity contribution >= 4 is 76.3 Å². The molecule has 1 N–H and O–H groups in total. The number of aromatic nitrogens is 3. The normalized spacial score (nSPS) is 13.6. The highest BCUT2D eigenvalue weighted by Crippen LogP contribution is 2.46. The van der Waals surface area contributed by atoms with E-state index in [2.05, 4.69) is 86.6 Å². The number of H-pyrrole nitrogens is 1. The fourth-order valence-corrected chi connectivity index (χ4v) is 7.10. The van der Waals surface area contributed by atoms with Crippen molar-refractivity contribution in [2.45, 2.75) is 40.0 Å². The van der Waals surface area contributed by atoms with Crippen LogP contribution >= 0.6 is 11.3 Å². The maximum Gasteiger partial charge on any atom is 0.109 e. The Morgan fingerprint density at radius 3 is 2.36 bits per heavy atom. The molecule has 0 bridgehead atoms. The third-order valence-electron chi connectivity index (χ3n) is 8.28. The van der Waals surface area contributed by atoms with Crippen LogP contribution in [0.15, 0.2) is 71.2 Å². The molecule has 8 rings (SSSR count). The van der Waals surface area contributed by atoms with Gasteiger partial charge in [0.1, 0.15) is 5.82 Å². The molecule has 3 aromatic heterocycles. The van der Waals surface area contributed by atoms with Crippen molar-refractivity contribution in [3.05, 3.63) is 77.6 Å².